The van der Waals surface area contributed by atoms with E-state index in [9.17, 15) is 0 Å². The molecule has 1 heterocycles. The minimum absolute atomic E-state index is 0.0943. The van der Waals surface area contributed by atoms with E-state index < -0.39 is 0 Å². The first-order valence-electron chi connectivity index (χ1n) is 16.9. The second kappa shape index (κ2) is 10.4. The van der Waals surface area contributed by atoms with Gasteiger partial charge in [0.15, 0.2) is 5.76 Å². The van der Waals surface area contributed by atoms with E-state index in [1.54, 1.807) is 0 Å². The van der Waals surface area contributed by atoms with Gasteiger partial charge in [-0.05, 0) is 87.3 Å². The maximum Gasteiger partial charge on any atom is 0.227 e. The van der Waals surface area contributed by atoms with Crippen LogP contribution in [0.2, 0.25) is 0 Å². The lowest BCUT2D eigenvalue weighted by Gasteiger charge is -2.28. The first-order valence-corrected chi connectivity index (χ1v) is 16.9. The number of aromatic nitrogens is 1. The first kappa shape index (κ1) is 27.9. The third-order valence-corrected chi connectivity index (χ3v) is 10.5. The molecule has 0 N–H and O–H groups in total. The Kier molecular flexibility index (Phi) is 5.92. The minimum Gasteiger partial charge on any atom is -0.435 e. The summed E-state index contributed by atoms with van der Waals surface area (Å²) in [5, 5.41) is 2.44. The van der Waals surface area contributed by atoms with E-state index in [1.807, 2.05) is 0 Å². The number of nitrogens with zero attached hydrogens (tertiary/aromatic N) is 2. The second-order valence-electron chi connectivity index (χ2n) is 13.6. The predicted molar refractivity (Wildman–Crippen MR) is 202 cm³/mol. The van der Waals surface area contributed by atoms with Crippen molar-refractivity contribution in [3.05, 3.63) is 169 Å². The molecule has 3 nitrogen and oxygen atoms in total. The highest BCUT2D eigenvalue weighted by molar-refractivity contribution is 6.13. The summed E-state index contributed by atoms with van der Waals surface area (Å²) in [5.74, 6) is 1.49. The summed E-state index contributed by atoms with van der Waals surface area (Å²) in [6, 6.07) is 56.5. The molecule has 1 aromatic heterocycles. The van der Waals surface area contributed by atoms with Gasteiger partial charge in [-0.1, -0.05) is 123 Å². The Balaban J connectivity index is 1.06. The van der Waals surface area contributed by atoms with Gasteiger partial charge in [-0.15, -0.1) is 0 Å². The highest BCUT2D eigenvalue weighted by atomic mass is 16.4. The number of oxazole rings is 1. The molecule has 0 spiro atoms. The van der Waals surface area contributed by atoms with Crippen LogP contribution in [0.15, 0.2) is 162 Å². The standard InChI is InChI=1S/C46H32N2O/c1-46(2)40-17-7-6-14-36(40)37-27-26-35(28-41(37)46)48(33-22-18-30(19-23-33)29-10-4-3-5-11-29)34-24-20-32(21-25-34)45-47-43-38-15-8-12-31-13-9-16-39(42(31)38)44(43)49-45/h3-28H,1-2H3. The molecule has 0 saturated carbocycles. The molecule has 0 radical (unpaired) electrons. The van der Waals surface area contributed by atoms with E-state index in [0.717, 1.165) is 45.2 Å². The summed E-state index contributed by atoms with van der Waals surface area (Å²) < 4.78 is 6.49. The van der Waals surface area contributed by atoms with Crippen LogP contribution >= 0.6 is 0 Å². The predicted octanol–water partition coefficient (Wildman–Crippen LogP) is 12.6. The molecule has 49 heavy (non-hydrogen) atoms. The smallest absolute Gasteiger partial charge is 0.227 e. The fourth-order valence-electron chi connectivity index (χ4n) is 8.00. The Morgan fingerprint density at radius 1 is 0.490 bits per heavy atom. The Bertz CT molecular complexity index is 2500. The van der Waals surface area contributed by atoms with E-state index in [-0.39, 0.29) is 5.41 Å². The number of rotatable bonds is 5. The van der Waals surface area contributed by atoms with E-state index in [0.29, 0.717) is 5.89 Å². The molecule has 10 rings (SSSR count). The third-order valence-electron chi connectivity index (χ3n) is 10.5. The largest absolute Gasteiger partial charge is 0.435 e. The lowest BCUT2D eigenvalue weighted by molar-refractivity contribution is 0.590. The molecular formula is C46H32N2O. The molecule has 0 aliphatic heterocycles. The molecule has 232 valence electrons. The number of benzene rings is 7. The summed E-state index contributed by atoms with van der Waals surface area (Å²) in [7, 11) is 0. The first-order chi connectivity index (χ1) is 24.0. The van der Waals surface area contributed by atoms with Crippen molar-refractivity contribution >= 4 is 27.8 Å². The lowest BCUT2D eigenvalue weighted by Crippen LogP contribution is -2.16. The van der Waals surface area contributed by atoms with Crippen LogP contribution in [0.1, 0.15) is 25.0 Å². The molecule has 2 aliphatic rings. The summed E-state index contributed by atoms with van der Waals surface area (Å²) in [6.07, 6.45) is 0. The Morgan fingerprint density at radius 3 is 1.84 bits per heavy atom. The maximum atomic E-state index is 6.49. The van der Waals surface area contributed by atoms with Gasteiger partial charge >= 0.3 is 0 Å². The Morgan fingerprint density at radius 2 is 1.08 bits per heavy atom. The zero-order valence-electron chi connectivity index (χ0n) is 27.3. The van der Waals surface area contributed by atoms with Crippen LogP contribution in [-0.4, -0.2) is 4.98 Å². The Labute approximate surface area is 285 Å². The number of anilines is 3. The zero-order chi connectivity index (χ0) is 32.7. The van der Waals surface area contributed by atoms with Crippen LogP contribution in [0.25, 0.3) is 67.1 Å². The Hall–Kier alpha value is -6.19. The molecular weight excluding hydrogens is 597 g/mol. The molecule has 2 aliphatic carbocycles. The average molecular weight is 629 g/mol. The van der Waals surface area contributed by atoms with Gasteiger partial charge in [0, 0.05) is 44.6 Å². The molecule has 0 atom stereocenters. The SMILES string of the molecule is CC1(C)c2ccccc2-c2ccc(N(c3ccc(-c4ccccc4)cc3)c3ccc(-c4nc5c(o4)-c4cccc6cccc-5c46)cc3)cc21. The van der Waals surface area contributed by atoms with E-state index in [2.05, 4.69) is 176 Å². The highest BCUT2D eigenvalue weighted by Crippen LogP contribution is 2.51. The summed E-state index contributed by atoms with van der Waals surface area (Å²) in [5.41, 5.74) is 15.1. The van der Waals surface area contributed by atoms with Crippen molar-refractivity contribution in [3.63, 3.8) is 0 Å². The minimum atomic E-state index is -0.0943. The molecule has 0 unspecified atom stereocenters. The van der Waals surface area contributed by atoms with Crippen molar-refractivity contribution < 1.29 is 4.42 Å². The van der Waals surface area contributed by atoms with Crippen molar-refractivity contribution in [1.29, 1.82) is 0 Å². The van der Waals surface area contributed by atoms with Gasteiger partial charge in [0.05, 0.1) is 0 Å². The zero-order valence-corrected chi connectivity index (χ0v) is 27.3. The fourth-order valence-corrected chi connectivity index (χ4v) is 8.00. The quantitative estimate of drug-likeness (QED) is 0.190. The van der Waals surface area contributed by atoms with Gasteiger partial charge < -0.3 is 9.32 Å². The third kappa shape index (κ3) is 4.19. The van der Waals surface area contributed by atoms with E-state index in [1.165, 1.54) is 44.2 Å². The van der Waals surface area contributed by atoms with E-state index >= 15 is 0 Å². The van der Waals surface area contributed by atoms with Gasteiger partial charge in [0.1, 0.15) is 5.69 Å². The van der Waals surface area contributed by atoms with Gasteiger partial charge in [-0.3, -0.25) is 0 Å². The number of hydrogen-bond acceptors (Lipinski definition) is 3. The average Bonchev–Trinajstić information content (AvgIpc) is 3.79. The van der Waals surface area contributed by atoms with Crippen molar-refractivity contribution in [3.8, 4) is 56.3 Å². The van der Waals surface area contributed by atoms with Crippen LogP contribution in [0.3, 0.4) is 0 Å². The summed E-state index contributed by atoms with van der Waals surface area (Å²) >= 11 is 0. The van der Waals surface area contributed by atoms with Crippen LogP contribution in [0.5, 0.6) is 0 Å². The molecule has 0 saturated heterocycles. The van der Waals surface area contributed by atoms with E-state index in [4.69, 9.17) is 9.40 Å². The van der Waals surface area contributed by atoms with Gasteiger partial charge in [-0.25, -0.2) is 4.98 Å². The molecule has 8 aromatic rings. The monoisotopic (exact) mass is 628 g/mol. The topological polar surface area (TPSA) is 29.3 Å². The normalized spacial score (nSPS) is 13.3. The molecule has 7 aromatic carbocycles. The number of fused-ring (bicyclic) bond motifs is 6. The maximum absolute atomic E-state index is 6.49. The molecule has 0 fully saturated rings. The highest BCUT2D eigenvalue weighted by Gasteiger charge is 2.36. The van der Waals surface area contributed by atoms with Crippen molar-refractivity contribution in [2.45, 2.75) is 19.3 Å². The van der Waals surface area contributed by atoms with Gasteiger partial charge in [0.25, 0.3) is 0 Å². The fraction of sp³-hybridized carbons (Fsp3) is 0.0652. The van der Waals surface area contributed by atoms with Crippen LogP contribution in [0, 0.1) is 0 Å². The van der Waals surface area contributed by atoms with Crippen LogP contribution < -0.4 is 4.90 Å². The van der Waals surface area contributed by atoms with Gasteiger partial charge in [-0.2, -0.15) is 0 Å². The number of hydrogen-bond donors (Lipinski definition) is 0. The summed E-state index contributed by atoms with van der Waals surface area (Å²) in [6.45, 7) is 4.67. The second-order valence-corrected chi connectivity index (χ2v) is 13.6. The summed E-state index contributed by atoms with van der Waals surface area (Å²) in [4.78, 5) is 7.38. The molecule has 0 bridgehead atoms. The van der Waals surface area contributed by atoms with Crippen molar-refractivity contribution in [2.24, 2.45) is 0 Å². The molecule has 0 amide bonds. The van der Waals surface area contributed by atoms with Crippen molar-refractivity contribution in [1.82, 2.24) is 4.98 Å². The van der Waals surface area contributed by atoms with Gasteiger partial charge in [0.2, 0.25) is 5.89 Å². The van der Waals surface area contributed by atoms with Crippen LogP contribution in [-0.2, 0) is 5.41 Å². The molecule has 3 heteroatoms. The van der Waals surface area contributed by atoms with Crippen LogP contribution in [0.4, 0.5) is 17.1 Å². The lowest BCUT2D eigenvalue weighted by atomic mass is 9.82. The van der Waals surface area contributed by atoms with Crippen molar-refractivity contribution in [2.75, 3.05) is 4.90 Å².